The first-order chi connectivity index (χ1) is 10.1. The Morgan fingerprint density at radius 2 is 1.61 bits per heavy atom. The van der Waals surface area contributed by atoms with Gasteiger partial charge in [-0.25, -0.2) is 0 Å². The zero-order valence-electron chi connectivity index (χ0n) is 16.8. The second-order valence-electron chi connectivity index (χ2n) is 8.86. The van der Waals surface area contributed by atoms with E-state index in [-0.39, 0.29) is 17.9 Å². The largest absolute Gasteiger partial charge is 0.411 e. The van der Waals surface area contributed by atoms with Gasteiger partial charge in [-0.2, -0.15) is 0 Å². The van der Waals surface area contributed by atoms with E-state index in [9.17, 15) is 5.11 Å². The van der Waals surface area contributed by atoms with Crippen molar-refractivity contribution in [3.8, 4) is 0 Å². The Kier molecular flexibility index (Phi) is 7.93. The predicted octanol–water partition coefficient (Wildman–Crippen LogP) is 4.18. The lowest BCUT2D eigenvalue weighted by Gasteiger charge is -2.47. The highest BCUT2D eigenvalue weighted by Gasteiger charge is 2.50. The van der Waals surface area contributed by atoms with Gasteiger partial charge in [-0.1, -0.05) is 46.5 Å². The van der Waals surface area contributed by atoms with Gasteiger partial charge in [0.15, 0.2) is 8.32 Å². The smallest absolute Gasteiger partial charge is 0.192 e. The quantitative estimate of drug-likeness (QED) is 0.380. The third kappa shape index (κ3) is 5.51. The van der Waals surface area contributed by atoms with Crippen molar-refractivity contribution in [3.05, 3.63) is 12.7 Å². The zero-order valence-corrected chi connectivity index (χ0v) is 18.8. The van der Waals surface area contributed by atoms with Gasteiger partial charge in [-0.05, 0) is 25.1 Å². The van der Waals surface area contributed by atoms with Gasteiger partial charge in [0.2, 0.25) is 0 Å². The average molecular weight is 363 g/mol. The van der Waals surface area contributed by atoms with Crippen molar-refractivity contribution in [2.75, 3.05) is 13.9 Å². The lowest BCUT2D eigenvalue weighted by Crippen LogP contribution is -2.64. The van der Waals surface area contributed by atoms with Crippen LogP contribution >= 0.6 is 0 Å². The fourth-order valence-electron chi connectivity index (χ4n) is 2.31. The van der Waals surface area contributed by atoms with E-state index in [0.29, 0.717) is 0 Å². The minimum Gasteiger partial charge on any atom is -0.411 e. The first-order valence-electron chi connectivity index (χ1n) is 8.28. The number of hydrogen-bond donors (Lipinski definition) is 1. The highest BCUT2D eigenvalue weighted by molar-refractivity contribution is 6.79. The molecule has 1 N–H and O–H groups in total. The van der Waals surface area contributed by atoms with Crippen LogP contribution in [0.3, 0.4) is 0 Å². The summed E-state index contributed by atoms with van der Waals surface area (Å²) in [5.41, 5.74) is 0. The van der Waals surface area contributed by atoms with Gasteiger partial charge in [0.05, 0.1) is 19.4 Å². The minimum atomic E-state index is -2.02. The molecule has 0 rings (SSSR count). The molecular formula is C17H38O4Si2. The molecule has 0 aromatic carbocycles. The van der Waals surface area contributed by atoms with Gasteiger partial charge in [0, 0.05) is 7.11 Å². The molecule has 6 heteroatoms. The molecule has 0 aromatic heterocycles. The van der Waals surface area contributed by atoms with Crippen LogP contribution in [0, 0.1) is 0 Å². The van der Waals surface area contributed by atoms with Gasteiger partial charge in [0.25, 0.3) is 0 Å². The molecule has 23 heavy (non-hydrogen) atoms. The Hall–Kier alpha value is 0.0138. The molecule has 0 unspecified atom stereocenters. The first-order valence-corrected chi connectivity index (χ1v) is 14.7. The number of hydrogen-bond acceptors (Lipinski definition) is 4. The molecule has 4 nitrogen and oxygen atoms in total. The number of rotatable bonds is 9. The van der Waals surface area contributed by atoms with Gasteiger partial charge in [-0.3, -0.25) is 0 Å². The van der Waals surface area contributed by atoms with Crippen molar-refractivity contribution in [2.45, 2.75) is 82.9 Å². The molecule has 0 saturated carbocycles. The summed E-state index contributed by atoms with van der Waals surface area (Å²) in [5, 5.41) is 10.3. The molecule has 0 saturated heterocycles. The molecule has 0 fully saturated rings. The number of ether oxygens (including phenoxy) is 2. The lowest BCUT2D eigenvalue weighted by molar-refractivity contribution is -0.148. The van der Waals surface area contributed by atoms with Gasteiger partial charge >= 0.3 is 0 Å². The molecule has 3 atom stereocenters. The summed E-state index contributed by atoms with van der Waals surface area (Å²) in [4.78, 5) is 0. The summed E-state index contributed by atoms with van der Waals surface area (Å²) in [7, 11) is -2.41. The van der Waals surface area contributed by atoms with E-state index in [1.807, 2.05) is 6.92 Å². The SMILES string of the molecule is C=C[C@@](O)([C@@H](OCOC)[C@@H](C)O[Si](C)(C)C(C)(C)C)[Si](C)(C)C. The molecule has 138 valence electrons. The Labute approximate surface area is 145 Å². The van der Waals surface area contributed by atoms with Crippen molar-refractivity contribution in [1.82, 2.24) is 0 Å². The van der Waals surface area contributed by atoms with E-state index < -0.39 is 27.7 Å². The maximum absolute atomic E-state index is 11.3. The summed E-state index contributed by atoms with van der Waals surface area (Å²) < 4.78 is 17.4. The summed E-state index contributed by atoms with van der Waals surface area (Å²) >= 11 is 0. The second kappa shape index (κ2) is 7.93. The van der Waals surface area contributed by atoms with E-state index in [4.69, 9.17) is 13.9 Å². The second-order valence-corrected chi connectivity index (χ2v) is 18.9. The lowest BCUT2D eigenvalue weighted by atomic mass is 10.1. The molecular weight excluding hydrogens is 324 g/mol. The normalized spacial score (nSPS) is 19.1. The highest BCUT2D eigenvalue weighted by Crippen LogP contribution is 2.39. The maximum Gasteiger partial charge on any atom is 0.192 e. The van der Waals surface area contributed by atoms with Crippen molar-refractivity contribution in [2.24, 2.45) is 0 Å². The third-order valence-electron chi connectivity index (χ3n) is 5.02. The molecule has 0 aromatic rings. The van der Waals surface area contributed by atoms with Gasteiger partial charge < -0.3 is 19.0 Å². The average Bonchev–Trinajstić information content (AvgIpc) is 2.35. The monoisotopic (exact) mass is 362 g/mol. The van der Waals surface area contributed by atoms with Crippen LogP contribution in [0.5, 0.6) is 0 Å². The minimum absolute atomic E-state index is 0.0958. The summed E-state index contributed by atoms with van der Waals surface area (Å²) in [6.07, 6.45) is 0.881. The third-order valence-corrected chi connectivity index (χ3v) is 12.5. The Bertz CT molecular complexity index is 385. The van der Waals surface area contributed by atoms with E-state index in [1.165, 1.54) is 0 Å². The molecule has 0 heterocycles. The summed E-state index contributed by atoms with van der Waals surface area (Å²) in [6, 6.07) is 0. The number of aliphatic hydroxyl groups is 1. The summed E-state index contributed by atoms with van der Waals surface area (Å²) in [6.45, 7) is 23.3. The molecule has 0 radical (unpaired) electrons. The molecule has 0 aliphatic carbocycles. The van der Waals surface area contributed by atoms with Crippen LogP contribution in [0.15, 0.2) is 12.7 Å². The van der Waals surface area contributed by atoms with Gasteiger partial charge in [-0.15, -0.1) is 6.58 Å². The molecule has 0 aliphatic heterocycles. The van der Waals surface area contributed by atoms with Crippen LogP contribution in [0.25, 0.3) is 0 Å². The fourth-order valence-corrected chi connectivity index (χ4v) is 5.50. The highest BCUT2D eigenvalue weighted by atomic mass is 28.4. The first kappa shape index (κ1) is 23.0. The summed E-state index contributed by atoms with van der Waals surface area (Å²) in [5.74, 6) is 0. The Morgan fingerprint density at radius 3 is 1.91 bits per heavy atom. The maximum atomic E-state index is 11.3. The van der Waals surface area contributed by atoms with Crippen LogP contribution in [-0.4, -0.2) is 52.8 Å². The van der Waals surface area contributed by atoms with E-state index in [1.54, 1.807) is 13.2 Å². The predicted molar refractivity (Wildman–Crippen MR) is 103 cm³/mol. The zero-order chi connectivity index (χ0) is 18.7. The van der Waals surface area contributed by atoms with Crippen LogP contribution in [0.2, 0.25) is 37.8 Å². The van der Waals surface area contributed by atoms with Gasteiger partial charge in [0.1, 0.15) is 12.9 Å². The fraction of sp³-hybridized carbons (Fsp3) is 0.882. The molecule has 0 amide bonds. The standard InChI is InChI=1S/C17H38O4Si2/c1-12-17(18,22(7,8)9)15(20-13-19-6)14(2)21-23(10,11)16(3,4)5/h12,14-15,18H,1,13H2,2-11H3/t14-,15+,17+/m1/s1. The molecule has 0 bridgehead atoms. The van der Waals surface area contributed by atoms with Crippen molar-refractivity contribution in [3.63, 3.8) is 0 Å². The molecule has 0 aliphatic rings. The van der Waals surface area contributed by atoms with Crippen LogP contribution in [-0.2, 0) is 13.9 Å². The Morgan fingerprint density at radius 1 is 1.13 bits per heavy atom. The van der Waals surface area contributed by atoms with Crippen molar-refractivity contribution >= 4 is 16.4 Å². The van der Waals surface area contributed by atoms with Crippen molar-refractivity contribution < 1.29 is 19.0 Å². The van der Waals surface area contributed by atoms with Crippen LogP contribution in [0.1, 0.15) is 27.7 Å². The topological polar surface area (TPSA) is 47.9 Å². The van der Waals surface area contributed by atoms with Crippen molar-refractivity contribution in [1.29, 1.82) is 0 Å². The Balaban J connectivity index is 5.60. The van der Waals surface area contributed by atoms with E-state index >= 15 is 0 Å². The van der Waals surface area contributed by atoms with Crippen LogP contribution in [0.4, 0.5) is 0 Å². The molecule has 0 spiro atoms. The van der Waals surface area contributed by atoms with Crippen LogP contribution < -0.4 is 0 Å². The number of methoxy groups -OCH3 is 1. The van der Waals surface area contributed by atoms with E-state index in [0.717, 1.165) is 0 Å². The van der Waals surface area contributed by atoms with E-state index in [2.05, 4.69) is 60.1 Å².